The van der Waals surface area contributed by atoms with Crippen molar-refractivity contribution in [3.63, 3.8) is 0 Å². The molecule has 27 heavy (non-hydrogen) atoms. The van der Waals surface area contributed by atoms with Crippen LogP contribution in [0.3, 0.4) is 0 Å². The van der Waals surface area contributed by atoms with E-state index >= 15 is 0 Å². The van der Waals surface area contributed by atoms with Crippen LogP contribution in [0.1, 0.15) is 0 Å². The second kappa shape index (κ2) is 5.38. The largest absolute Gasteiger partial charge is 0.456 e. The molecule has 6 rings (SSSR count). The molecule has 4 aromatic carbocycles. The van der Waals surface area contributed by atoms with Crippen LogP contribution in [0.15, 0.2) is 87.7 Å². The Balaban J connectivity index is 1.70. The summed E-state index contributed by atoms with van der Waals surface area (Å²) in [7, 11) is 0. The Bertz CT molecular complexity index is 1490. The Kier molecular flexibility index (Phi) is 2.97. The molecular weight excluding hydrogens is 356 g/mol. The molecule has 2 nitrogen and oxygen atoms in total. The van der Waals surface area contributed by atoms with Crippen molar-refractivity contribution in [3.05, 3.63) is 83.9 Å². The molecule has 0 unspecified atom stereocenters. The van der Waals surface area contributed by atoms with E-state index in [1.54, 1.807) is 0 Å². The van der Waals surface area contributed by atoms with Gasteiger partial charge in [-0.2, -0.15) is 0 Å². The molecule has 6 aromatic rings. The molecule has 0 amide bonds. The molecule has 2 heterocycles. The highest BCUT2D eigenvalue weighted by atomic mass is 35.5. The van der Waals surface area contributed by atoms with E-state index in [2.05, 4.69) is 30.3 Å². The first kappa shape index (κ1) is 14.9. The highest BCUT2D eigenvalue weighted by molar-refractivity contribution is 6.31. The van der Waals surface area contributed by atoms with Gasteiger partial charge in [0.15, 0.2) is 0 Å². The first-order valence-electron chi connectivity index (χ1n) is 8.80. The van der Waals surface area contributed by atoms with E-state index < -0.39 is 0 Å². The summed E-state index contributed by atoms with van der Waals surface area (Å²) in [5, 5.41) is 5.14. The predicted octanol–water partition coefficient (Wildman–Crippen LogP) is 7.81. The second-order valence-electron chi connectivity index (χ2n) is 6.73. The van der Waals surface area contributed by atoms with Crippen LogP contribution in [-0.2, 0) is 0 Å². The number of halogens is 1. The molecule has 0 atom stereocenters. The molecule has 0 bridgehead atoms. The van der Waals surface area contributed by atoms with E-state index in [9.17, 15) is 0 Å². The zero-order valence-electron chi connectivity index (χ0n) is 14.2. The van der Waals surface area contributed by atoms with E-state index in [0.717, 1.165) is 60.0 Å². The molecule has 0 saturated carbocycles. The van der Waals surface area contributed by atoms with Crippen LogP contribution in [0.4, 0.5) is 0 Å². The average molecular weight is 369 g/mol. The summed E-state index contributed by atoms with van der Waals surface area (Å²) in [6, 6.07) is 26.3. The predicted molar refractivity (Wildman–Crippen MR) is 111 cm³/mol. The molecule has 0 radical (unpaired) electrons. The molecule has 0 spiro atoms. The molecule has 0 aliphatic heterocycles. The topological polar surface area (TPSA) is 26.3 Å². The third-order valence-corrected chi connectivity index (χ3v) is 5.37. The first-order chi connectivity index (χ1) is 13.3. The molecule has 128 valence electrons. The standard InChI is InChI=1S/C24H13ClO2/c25-16-5-3-4-14(12-16)15-8-9-18-22(13-15)27-21-11-10-20-23(24(18)21)17-6-1-2-7-19(17)26-20/h1-13H. The Morgan fingerprint density at radius 2 is 1.22 bits per heavy atom. The molecule has 0 aliphatic carbocycles. The number of furan rings is 2. The van der Waals surface area contributed by atoms with Gasteiger partial charge >= 0.3 is 0 Å². The third kappa shape index (κ3) is 2.14. The SMILES string of the molecule is Clc1cccc(-c2ccc3c(c2)oc2ccc4oc5ccccc5c4c23)c1. The summed E-state index contributed by atoms with van der Waals surface area (Å²) in [6.45, 7) is 0. The first-order valence-corrected chi connectivity index (χ1v) is 9.18. The van der Waals surface area contributed by atoms with Crippen LogP contribution in [0.5, 0.6) is 0 Å². The number of hydrogen-bond donors (Lipinski definition) is 0. The lowest BCUT2D eigenvalue weighted by atomic mass is 10.0. The van der Waals surface area contributed by atoms with Gasteiger partial charge in [-0.05, 0) is 53.6 Å². The van der Waals surface area contributed by atoms with Crippen molar-refractivity contribution in [1.82, 2.24) is 0 Å². The monoisotopic (exact) mass is 368 g/mol. The van der Waals surface area contributed by atoms with Crippen molar-refractivity contribution in [2.45, 2.75) is 0 Å². The van der Waals surface area contributed by atoms with E-state index in [1.165, 1.54) is 0 Å². The summed E-state index contributed by atoms with van der Waals surface area (Å²) in [5.74, 6) is 0. The van der Waals surface area contributed by atoms with Crippen molar-refractivity contribution >= 4 is 55.5 Å². The normalized spacial score (nSPS) is 11.9. The quantitative estimate of drug-likeness (QED) is 0.296. The van der Waals surface area contributed by atoms with Crippen molar-refractivity contribution in [3.8, 4) is 11.1 Å². The van der Waals surface area contributed by atoms with Crippen molar-refractivity contribution in [2.24, 2.45) is 0 Å². The lowest BCUT2D eigenvalue weighted by Gasteiger charge is -2.02. The Morgan fingerprint density at radius 3 is 2.04 bits per heavy atom. The number of rotatable bonds is 1. The highest BCUT2D eigenvalue weighted by Gasteiger charge is 2.16. The van der Waals surface area contributed by atoms with Crippen LogP contribution in [0.25, 0.3) is 55.0 Å². The van der Waals surface area contributed by atoms with Crippen LogP contribution >= 0.6 is 11.6 Å². The fourth-order valence-electron chi connectivity index (χ4n) is 3.93. The van der Waals surface area contributed by atoms with Crippen LogP contribution in [0, 0.1) is 0 Å². The maximum atomic E-state index is 6.20. The maximum absolute atomic E-state index is 6.20. The van der Waals surface area contributed by atoms with Gasteiger partial charge in [0.05, 0.1) is 0 Å². The maximum Gasteiger partial charge on any atom is 0.136 e. The van der Waals surface area contributed by atoms with Gasteiger partial charge in [0.2, 0.25) is 0 Å². The van der Waals surface area contributed by atoms with Crippen LogP contribution in [0.2, 0.25) is 5.02 Å². The number of para-hydroxylation sites is 1. The van der Waals surface area contributed by atoms with Gasteiger partial charge in [-0.15, -0.1) is 0 Å². The Morgan fingerprint density at radius 1 is 0.519 bits per heavy atom. The molecule has 0 saturated heterocycles. The summed E-state index contributed by atoms with van der Waals surface area (Å²) < 4.78 is 12.2. The third-order valence-electron chi connectivity index (χ3n) is 5.13. The second-order valence-corrected chi connectivity index (χ2v) is 7.17. The lowest BCUT2D eigenvalue weighted by Crippen LogP contribution is -1.77. The van der Waals surface area contributed by atoms with Crippen molar-refractivity contribution in [1.29, 1.82) is 0 Å². The summed E-state index contributed by atoms with van der Waals surface area (Å²) >= 11 is 6.15. The van der Waals surface area contributed by atoms with Crippen molar-refractivity contribution in [2.75, 3.05) is 0 Å². The van der Waals surface area contributed by atoms with E-state index in [-0.39, 0.29) is 0 Å². The van der Waals surface area contributed by atoms with Gasteiger partial charge in [-0.25, -0.2) is 0 Å². The Hall–Kier alpha value is -3.23. The summed E-state index contributed by atoms with van der Waals surface area (Å²) in [5.41, 5.74) is 5.66. The number of hydrogen-bond acceptors (Lipinski definition) is 2. The molecule has 2 aromatic heterocycles. The smallest absolute Gasteiger partial charge is 0.136 e. The van der Waals surface area contributed by atoms with Gasteiger partial charge in [0.25, 0.3) is 0 Å². The van der Waals surface area contributed by atoms with Gasteiger partial charge < -0.3 is 8.83 Å². The van der Waals surface area contributed by atoms with Crippen molar-refractivity contribution < 1.29 is 8.83 Å². The van der Waals surface area contributed by atoms with Gasteiger partial charge in [0.1, 0.15) is 22.3 Å². The fraction of sp³-hybridized carbons (Fsp3) is 0. The highest BCUT2D eigenvalue weighted by Crippen LogP contribution is 2.40. The molecule has 0 N–H and O–H groups in total. The molecule has 0 fully saturated rings. The van der Waals surface area contributed by atoms with Gasteiger partial charge in [-0.3, -0.25) is 0 Å². The zero-order valence-corrected chi connectivity index (χ0v) is 15.0. The van der Waals surface area contributed by atoms with E-state index in [4.69, 9.17) is 20.4 Å². The number of benzene rings is 4. The van der Waals surface area contributed by atoms with Gasteiger partial charge in [-0.1, -0.05) is 48.0 Å². The molecule has 3 heteroatoms. The van der Waals surface area contributed by atoms with E-state index in [1.807, 2.05) is 48.5 Å². The van der Waals surface area contributed by atoms with Crippen LogP contribution < -0.4 is 0 Å². The summed E-state index contributed by atoms with van der Waals surface area (Å²) in [4.78, 5) is 0. The number of fused-ring (bicyclic) bond motifs is 7. The average Bonchev–Trinajstić information content (AvgIpc) is 3.24. The fourth-order valence-corrected chi connectivity index (χ4v) is 4.12. The molecule has 0 aliphatic rings. The Labute approximate surface area is 159 Å². The minimum atomic E-state index is 0.726. The molecular formula is C24H13ClO2. The van der Waals surface area contributed by atoms with Crippen LogP contribution in [-0.4, -0.2) is 0 Å². The minimum absolute atomic E-state index is 0.726. The zero-order chi connectivity index (χ0) is 18.0. The minimum Gasteiger partial charge on any atom is -0.456 e. The van der Waals surface area contributed by atoms with E-state index in [0.29, 0.717) is 0 Å². The van der Waals surface area contributed by atoms with Gasteiger partial charge in [0, 0.05) is 26.6 Å². The summed E-state index contributed by atoms with van der Waals surface area (Å²) in [6.07, 6.45) is 0. The lowest BCUT2D eigenvalue weighted by molar-refractivity contribution is 0.663.